The standard InChI is InChI=1S/C29H46O5/c1-24-13-10-21(31)25(2,17-30)19(24)9-14-27(4)20(24)8-7-18-22-28(5,34)11-6-12-29(22,23(32)33)16-15-26(18,27)3/h7,19-22,30-31,34H,6,8-17H2,1-5H3,(H,32,33)/t19?,20?,21-,22?,24-,25-,26+,27+,28+,29-/m0/s1. The van der Waals surface area contributed by atoms with Crippen LogP contribution in [0.25, 0.3) is 0 Å². The van der Waals surface area contributed by atoms with Crippen LogP contribution in [-0.2, 0) is 4.79 Å². The molecule has 10 atom stereocenters. The molecule has 0 amide bonds. The van der Waals surface area contributed by atoms with Crippen molar-refractivity contribution in [2.24, 2.45) is 44.8 Å². The molecule has 4 fully saturated rings. The van der Waals surface area contributed by atoms with Crippen molar-refractivity contribution in [1.82, 2.24) is 0 Å². The van der Waals surface area contributed by atoms with Crippen LogP contribution in [0.15, 0.2) is 11.6 Å². The van der Waals surface area contributed by atoms with Gasteiger partial charge >= 0.3 is 5.97 Å². The van der Waals surface area contributed by atoms with Crippen LogP contribution < -0.4 is 0 Å². The maximum Gasteiger partial charge on any atom is 0.310 e. The van der Waals surface area contributed by atoms with E-state index in [1.165, 1.54) is 5.57 Å². The maximum absolute atomic E-state index is 12.7. The number of aliphatic hydroxyl groups excluding tert-OH is 2. The number of aliphatic hydroxyl groups is 3. The molecule has 0 saturated heterocycles. The smallest absolute Gasteiger partial charge is 0.310 e. The average Bonchev–Trinajstić information content (AvgIpc) is 2.76. The lowest BCUT2D eigenvalue weighted by molar-refractivity contribution is -0.222. The second-order valence-corrected chi connectivity index (χ2v) is 14.1. The van der Waals surface area contributed by atoms with Gasteiger partial charge in [-0.1, -0.05) is 39.3 Å². The third-order valence-corrected chi connectivity index (χ3v) is 12.9. The van der Waals surface area contributed by atoms with Crippen LogP contribution in [0, 0.1) is 44.8 Å². The first kappa shape index (κ1) is 24.8. The molecule has 0 aromatic heterocycles. The number of fused-ring (bicyclic) bond motifs is 7. The quantitative estimate of drug-likeness (QED) is 0.426. The van der Waals surface area contributed by atoms with E-state index in [4.69, 9.17) is 0 Å². The van der Waals surface area contributed by atoms with Crippen LogP contribution in [0.2, 0.25) is 0 Å². The molecule has 0 heterocycles. The molecule has 5 heteroatoms. The number of hydrogen-bond donors (Lipinski definition) is 4. The minimum absolute atomic E-state index is 0.000812. The lowest BCUT2D eigenvalue weighted by Crippen LogP contribution is -2.67. The monoisotopic (exact) mass is 474 g/mol. The summed E-state index contributed by atoms with van der Waals surface area (Å²) in [5.74, 6) is -0.380. The normalized spacial score (nSPS) is 56.9. The molecule has 5 rings (SSSR count). The topological polar surface area (TPSA) is 98.0 Å². The SMILES string of the molecule is C[C@]12CC[C@H](O)[C@@](C)(CO)C1CC[C@]1(C)C2CC=C2C3[C@](C(=O)O)(CCC[C@@]3(C)O)CC[C@]21C. The van der Waals surface area contributed by atoms with Gasteiger partial charge < -0.3 is 20.4 Å². The highest BCUT2D eigenvalue weighted by atomic mass is 16.4. The predicted octanol–water partition coefficient (Wildman–Crippen LogP) is 4.93. The van der Waals surface area contributed by atoms with Gasteiger partial charge in [0.25, 0.3) is 0 Å². The summed E-state index contributed by atoms with van der Waals surface area (Å²) in [6.07, 6.45) is 10.0. The fraction of sp³-hybridized carbons (Fsp3) is 0.897. The molecule has 0 aliphatic heterocycles. The summed E-state index contributed by atoms with van der Waals surface area (Å²) < 4.78 is 0. The lowest BCUT2D eigenvalue weighted by atomic mass is 9.33. The molecule has 5 aliphatic rings. The van der Waals surface area contributed by atoms with Gasteiger partial charge in [0.1, 0.15) is 0 Å². The van der Waals surface area contributed by atoms with Gasteiger partial charge in [0.2, 0.25) is 0 Å². The highest BCUT2D eigenvalue weighted by Gasteiger charge is 2.71. The Morgan fingerprint density at radius 1 is 0.971 bits per heavy atom. The summed E-state index contributed by atoms with van der Waals surface area (Å²) in [5, 5.41) is 43.3. The Bertz CT molecular complexity index is 910. The minimum atomic E-state index is -1.00. The van der Waals surface area contributed by atoms with Gasteiger partial charge in [-0.15, -0.1) is 0 Å². The highest BCUT2D eigenvalue weighted by Crippen LogP contribution is 2.75. The Morgan fingerprint density at radius 2 is 1.68 bits per heavy atom. The van der Waals surface area contributed by atoms with Crippen molar-refractivity contribution < 1.29 is 25.2 Å². The van der Waals surface area contributed by atoms with Crippen molar-refractivity contribution in [3.63, 3.8) is 0 Å². The number of carboxylic acids is 1. The summed E-state index contributed by atoms with van der Waals surface area (Å²) >= 11 is 0. The van der Waals surface area contributed by atoms with E-state index in [-0.39, 0.29) is 34.7 Å². The average molecular weight is 475 g/mol. The molecule has 192 valence electrons. The number of carbonyl (C=O) groups is 1. The van der Waals surface area contributed by atoms with Crippen molar-refractivity contribution in [3.05, 3.63) is 11.6 Å². The summed E-state index contributed by atoms with van der Waals surface area (Å²) in [6.45, 7) is 11.2. The molecule has 0 aromatic rings. The molecule has 4 saturated carbocycles. The summed E-state index contributed by atoms with van der Waals surface area (Å²) in [7, 11) is 0. The molecule has 34 heavy (non-hydrogen) atoms. The number of allylic oxidation sites excluding steroid dienone is 1. The number of hydrogen-bond acceptors (Lipinski definition) is 4. The van der Waals surface area contributed by atoms with Gasteiger partial charge in [0.15, 0.2) is 0 Å². The molecule has 5 aliphatic carbocycles. The Kier molecular flexibility index (Phi) is 5.33. The fourth-order valence-corrected chi connectivity index (χ4v) is 10.8. The fourth-order valence-electron chi connectivity index (χ4n) is 10.8. The van der Waals surface area contributed by atoms with Crippen LogP contribution in [0.4, 0.5) is 0 Å². The van der Waals surface area contributed by atoms with Crippen LogP contribution in [0.1, 0.15) is 98.8 Å². The van der Waals surface area contributed by atoms with E-state index in [0.717, 1.165) is 44.9 Å². The van der Waals surface area contributed by atoms with Gasteiger partial charge in [0, 0.05) is 11.3 Å². The van der Waals surface area contributed by atoms with Gasteiger partial charge in [-0.3, -0.25) is 4.79 Å². The van der Waals surface area contributed by atoms with Crippen molar-refractivity contribution in [3.8, 4) is 0 Å². The van der Waals surface area contributed by atoms with E-state index in [1.54, 1.807) is 0 Å². The van der Waals surface area contributed by atoms with E-state index < -0.39 is 28.5 Å². The van der Waals surface area contributed by atoms with Crippen molar-refractivity contribution >= 4 is 5.97 Å². The minimum Gasteiger partial charge on any atom is -0.481 e. The third kappa shape index (κ3) is 2.75. The zero-order valence-corrected chi connectivity index (χ0v) is 21.9. The number of aliphatic carboxylic acids is 1. The second-order valence-electron chi connectivity index (χ2n) is 14.1. The van der Waals surface area contributed by atoms with Crippen LogP contribution in [0.5, 0.6) is 0 Å². The van der Waals surface area contributed by atoms with E-state index in [0.29, 0.717) is 25.2 Å². The number of rotatable bonds is 2. The van der Waals surface area contributed by atoms with Gasteiger partial charge in [-0.25, -0.2) is 0 Å². The predicted molar refractivity (Wildman–Crippen MR) is 131 cm³/mol. The Morgan fingerprint density at radius 3 is 2.32 bits per heavy atom. The van der Waals surface area contributed by atoms with Crippen molar-refractivity contribution in [1.29, 1.82) is 0 Å². The maximum atomic E-state index is 12.7. The first-order valence-electron chi connectivity index (χ1n) is 13.7. The zero-order valence-electron chi connectivity index (χ0n) is 21.9. The molecule has 0 radical (unpaired) electrons. The highest BCUT2D eigenvalue weighted by molar-refractivity contribution is 5.77. The Hall–Kier alpha value is -0.910. The number of carboxylic acid groups (broad SMARTS) is 1. The summed E-state index contributed by atoms with van der Waals surface area (Å²) in [6, 6.07) is 0. The van der Waals surface area contributed by atoms with Gasteiger partial charge in [0.05, 0.1) is 23.7 Å². The summed E-state index contributed by atoms with van der Waals surface area (Å²) in [4.78, 5) is 12.7. The van der Waals surface area contributed by atoms with E-state index >= 15 is 0 Å². The zero-order chi connectivity index (χ0) is 24.9. The third-order valence-electron chi connectivity index (χ3n) is 12.9. The largest absolute Gasteiger partial charge is 0.481 e. The molecule has 0 aromatic carbocycles. The van der Waals surface area contributed by atoms with Gasteiger partial charge in [-0.2, -0.15) is 0 Å². The van der Waals surface area contributed by atoms with Crippen LogP contribution in [0.3, 0.4) is 0 Å². The van der Waals surface area contributed by atoms with E-state index in [2.05, 4.69) is 33.8 Å². The van der Waals surface area contributed by atoms with Crippen LogP contribution in [-0.4, -0.2) is 44.7 Å². The first-order valence-corrected chi connectivity index (χ1v) is 13.7. The Labute approximate surface area is 205 Å². The molecule has 3 unspecified atom stereocenters. The van der Waals surface area contributed by atoms with E-state index in [9.17, 15) is 25.2 Å². The summed E-state index contributed by atoms with van der Waals surface area (Å²) in [5.41, 5.74) is -1.25. The molecular formula is C29H46O5. The molecule has 4 N–H and O–H groups in total. The molecule has 5 nitrogen and oxygen atoms in total. The van der Waals surface area contributed by atoms with Crippen molar-refractivity contribution in [2.45, 2.75) is 111 Å². The molecule has 0 spiro atoms. The van der Waals surface area contributed by atoms with Crippen molar-refractivity contribution in [2.75, 3.05) is 6.61 Å². The second kappa shape index (κ2) is 7.32. The Balaban J connectivity index is 1.62. The van der Waals surface area contributed by atoms with E-state index in [1.807, 2.05) is 6.92 Å². The first-order chi connectivity index (χ1) is 15.7. The molecule has 0 bridgehead atoms. The van der Waals surface area contributed by atoms with Gasteiger partial charge in [-0.05, 0) is 99.2 Å². The lowest BCUT2D eigenvalue weighted by Gasteiger charge is -2.71. The van der Waals surface area contributed by atoms with Crippen LogP contribution >= 0.6 is 0 Å². The molecular weight excluding hydrogens is 428 g/mol.